The summed E-state index contributed by atoms with van der Waals surface area (Å²) in [5.74, 6) is 0.209. The van der Waals surface area contributed by atoms with Crippen molar-refractivity contribution >= 4 is 29.0 Å². The van der Waals surface area contributed by atoms with Crippen molar-refractivity contribution < 1.29 is 9.59 Å². The molecule has 0 bridgehead atoms. The number of nitrogens with zero attached hydrogens (tertiary/aromatic N) is 3. The van der Waals surface area contributed by atoms with Crippen LogP contribution < -0.4 is 10.6 Å². The van der Waals surface area contributed by atoms with Gasteiger partial charge in [-0.15, -0.1) is 0 Å². The van der Waals surface area contributed by atoms with Gasteiger partial charge < -0.3 is 10.6 Å². The van der Waals surface area contributed by atoms with Crippen LogP contribution in [0.25, 0.3) is 5.65 Å². The van der Waals surface area contributed by atoms with Crippen molar-refractivity contribution in [2.75, 3.05) is 10.6 Å². The Hall–Kier alpha value is -3.22. The van der Waals surface area contributed by atoms with Crippen LogP contribution in [0.1, 0.15) is 18.4 Å². The zero-order valence-corrected chi connectivity index (χ0v) is 13.5. The highest BCUT2D eigenvalue weighted by Crippen LogP contribution is 2.27. The number of nitrogens with one attached hydrogen (secondary N) is 2. The molecule has 1 aliphatic rings. The minimum Gasteiger partial charge on any atom is -0.326 e. The Labute approximate surface area is 144 Å². The molecule has 1 aliphatic heterocycles. The fourth-order valence-corrected chi connectivity index (χ4v) is 3.09. The summed E-state index contributed by atoms with van der Waals surface area (Å²) in [5.41, 5.74) is 2.65. The second-order valence-corrected chi connectivity index (χ2v) is 6.07. The van der Waals surface area contributed by atoms with Gasteiger partial charge in [0, 0.05) is 30.3 Å². The fourth-order valence-electron chi connectivity index (χ4n) is 3.09. The highest BCUT2D eigenvalue weighted by molar-refractivity contribution is 5.96. The first-order valence-electron chi connectivity index (χ1n) is 8.18. The van der Waals surface area contributed by atoms with Crippen LogP contribution in [-0.4, -0.2) is 26.4 Å². The first-order chi connectivity index (χ1) is 12.2. The lowest BCUT2D eigenvalue weighted by Gasteiger charge is -2.24. The molecular formula is C18H17N5O2. The van der Waals surface area contributed by atoms with Crippen LogP contribution in [0.2, 0.25) is 0 Å². The SMILES string of the molecule is O=C(CC[C@H]1Cc2ccccc2NC1=O)Nc1ccnc2ccnn12. The van der Waals surface area contributed by atoms with Crippen LogP contribution in [0.15, 0.2) is 48.8 Å². The van der Waals surface area contributed by atoms with Crippen molar-refractivity contribution in [1.82, 2.24) is 14.6 Å². The van der Waals surface area contributed by atoms with Gasteiger partial charge >= 0.3 is 0 Å². The van der Waals surface area contributed by atoms with Gasteiger partial charge in [-0.3, -0.25) is 9.59 Å². The van der Waals surface area contributed by atoms with E-state index in [1.165, 1.54) is 0 Å². The highest BCUT2D eigenvalue weighted by atomic mass is 16.2. The number of hydrogen-bond acceptors (Lipinski definition) is 4. The lowest BCUT2D eigenvalue weighted by Crippen LogP contribution is -2.30. The number of carbonyl (C=O) groups excluding carboxylic acids is 2. The number of rotatable bonds is 4. The largest absolute Gasteiger partial charge is 0.326 e. The Morgan fingerprint density at radius 1 is 1.24 bits per heavy atom. The first-order valence-corrected chi connectivity index (χ1v) is 8.18. The van der Waals surface area contributed by atoms with Crippen LogP contribution in [-0.2, 0) is 16.0 Å². The van der Waals surface area contributed by atoms with Crippen molar-refractivity contribution in [3.8, 4) is 0 Å². The summed E-state index contributed by atoms with van der Waals surface area (Å²) in [5, 5.41) is 9.88. The van der Waals surface area contributed by atoms with E-state index in [0.29, 0.717) is 24.3 Å². The Kier molecular flexibility index (Phi) is 3.89. The Morgan fingerprint density at radius 3 is 3.04 bits per heavy atom. The number of aromatic nitrogens is 3. The van der Waals surface area contributed by atoms with Gasteiger partial charge in [-0.05, 0) is 30.5 Å². The van der Waals surface area contributed by atoms with Gasteiger partial charge in [0.2, 0.25) is 11.8 Å². The number of carbonyl (C=O) groups is 2. The lowest BCUT2D eigenvalue weighted by atomic mass is 9.89. The maximum atomic E-state index is 12.3. The molecule has 4 rings (SSSR count). The van der Waals surface area contributed by atoms with Crippen molar-refractivity contribution in [3.05, 3.63) is 54.4 Å². The van der Waals surface area contributed by atoms with Crippen LogP contribution in [0, 0.1) is 5.92 Å². The van der Waals surface area contributed by atoms with Crippen LogP contribution in [0.5, 0.6) is 0 Å². The molecule has 7 heteroatoms. The zero-order valence-electron chi connectivity index (χ0n) is 13.5. The topological polar surface area (TPSA) is 88.4 Å². The predicted octanol–water partition coefficient (Wildman–Crippen LogP) is 2.26. The van der Waals surface area contributed by atoms with Gasteiger partial charge in [0.25, 0.3) is 0 Å². The van der Waals surface area contributed by atoms with E-state index in [-0.39, 0.29) is 24.2 Å². The molecule has 25 heavy (non-hydrogen) atoms. The number of benzene rings is 1. The Bertz CT molecular complexity index is 949. The van der Waals surface area contributed by atoms with Crippen molar-refractivity contribution in [1.29, 1.82) is 0 Å². The van der Waals surface area contributed by atoms with Crippen LogP contribution in [0.4, 0.5) is 11.5 Å². The van der Waals surface area contributed by atoms with E-state index in [1.807, 2.05) is 24.3 Å². The molecule has 7 nitrogen and oxygen atoms in total. The molecule has 3 aromatic rings. The highest BCUT2D eigenvalue weighted by Gasteiger charge is 2.26. The summed E-state index contributed by atoms with van der Waals surface area (Å²) < 4.78 is 1.57. The van der Waals surface area contributed by atoms with E-state index in [0.717, 1.165) is 11.3 Å². The monoisotopic (exact) mass is 335 g/mol. The van der Waals surface area contributed by atoms with E-state index in [2.05, 4.69) is 20.7 Å². The summed E-state index contributed by atoms with van der Waals surface area (Å²) in [6.07, 6.45) is 4.68. The molecule has 0 aliphatic carbocycles. The molecule has 0 saturated heterocycles. The molecule has 0 fully saturated rings. The average molecular weight is 335 g/mol. The molecule has 0 unspecified atom stereocenters. The van der Waals surface area contributed by atoms with Crippen molar-refractivity contribution in [2.45, 2.75) is 19.3 Å². The third kappa shape index (κ3) is 3.08. The van der Waals surface area contributed by atoms with Gasteiger partial charge in [-0.25, -0.2) is 4.98 Å². The molecule has 2 aromatic heterocycles. The Balaban J connectivity index is 1.39. The molecule has 2 amide bonds. The van der Waals surface area contributed by atoms with Crippen LogP contribution >= 0.6 is 0 Å². The number of anilines is 2. The second-order valence-electron chi connectivity index (χ2n) is 6.07. The summed E-state index contributed by atoms with van der Waals surface area (Å²) in [7, 11) is 0. The number of fused-ring (bicyclic) bond motifs is 2. The molecule has 126 valence electrons. The predicted molar refractivity (Wildman–Crippen MR) is 93.1 cm³/mol. The first kappa shape index (κ1) is 15.3. The van der Waals surface area contributed by atoms with E-state index in [1.54, 1.807) is 29.0 Å². The minimum atomic E-state index is -0.192. The van der Waals surface area contributed by atoms with Gasteiger partial charge in [-0.1, -0.05) is 18.2 Å². The van der Waals surface area contributed by atoms with Gasteiger partial charge in [0.05, 0.1) is 6.20 Å². The molecule has 1 aromatic carbocycles. The third-order valence-corrected chi connectivity index (χ3v) is 4.39. The molecule has 3 heterocycles. The molecular weight excluding hydrogens is 318 g/mol. The third-order valence-electron chi connectivity index (χ3n) is 4.39. The van der Waals surface area contributed by atoms with Gasteiger partial charge in [0.15, 0.2) is 5.65 Å². The van der Waals surface area contributed by atoms with Crippen molar-refractivity contribution in [2.24, 2.45) is 5.92 Å². The fraction of sp³-hybridized carbons (Fsp3) is 0.222. The smallest absolute Gasteiger partial charge is 0.227 e. The summed E-state index contributed by atoms with van der Waals surface area (Å²) in [6.45, 7) is 0. The number of para-hydroxylation sites is 1. The molecule has 0 spiro atoms. The second kappa shape index (κ2) is 6.35. The van der Waals surface area contributed by atoms with Crippen molar-refractivity contribution in [3.63, 3.8) is 0 Å². The van der Waals surface area contributed by atoms with E-state index < -0.39 is 0 Å². The number of hydrogen-bond donors (Lipinski definition) is 2. The average Bonchev–Trinajstić information content (AvgIpc) is 3.10. The van der Waals surface area contributed by atoms with Gasteiger partial charge in [0.1, 0.15) is 5.82 Å². The Morgan fingerprint density at radius 2 is 2.12 bits per heavy atom. The summed E-state index contributed by atoms with van der Waals surface area (Å²) >= 11 is 0. The molecule has 2 N–H and O–H groups in total. The quantitative estimate of drug-likeness (QED) is 0.765. The minimum absolute atomic E-state index is 0.0233. The molecule has 0 saturated carbocycles. The lowest BCUT2D eigenvalue weighted by molar-refractivity contribution is -0.121. The van der Waals surface area contributed by atoms with Gasteiger partial charge in [-0.2, -0.15) is 9.61 Å². The zero-order chi connectivity index (χ0) is 17.2. The molecule has 0 radical (unpaired) electrons. The maximum absolute atomic E-state index is 12.3. The summed E-state index contributed by atoms with van der Waals surface area (Å²) in [6, 6.07) is 11.2. The van der Waals surface area contributed by atoms with E-state index >= 15 is 0 Å². The van der Waals surface area contributed by atoms with E-state index in [4.69, 9.17) is 0 Å². The summed E-state index contributed by atoms with van der Waals surface area (Å²) in [4.78, 5) is 28.6. The van der Waals surface area contributed by atoms with E-state index in [9.17, 15) is 9.59 Å². The number of amides is 2. The molecule has 1 atom stereocenters. The normalized spacial score (nSPS) is 16.3. The maximum Gasteiger partial charge on any atom is 0.227 e. The standard InChI is InChI=1S/C18H17N5O2/c24-17(22-16-7-9-19-15-8-10-20-23(15)16)6-5-13-11-12-3-1-2-4-14(12)21-18(13)25/h1-4,7-10,13H,5-6,11H2,(H,21,25)(H,22,24)/t13-/m0/s1. The van der Waals surface area contributed by atoms with Crippen LogP contribution in [0.3, 0.4) is 0 Å².